The molecule has 0 aliphatic heterocycles. The summed E-state index contributed by atoms with van der Waals surface area (Å²) in [6, 6.07) is 70.9. The highest BCUT2D eigenvalue weighted by atomic mass is 32.1. The van der Waals surface area contributed by atoms with Gasteiger partial charge in [0.25, 0.3) is 0 Å². The first-order chi connectivity index (χ1) is 30.7. The quantitative estimate of drug-likeness (QED) is 0.163. The van der Waals surface area contributed by atoms with Gasteiger partial charge in [0.05, 0.1) is 0 Å². The van der Waals surface area contributed by atoms with Crippen LogP contribution < -0.4 is 0 Å². The molecule has 4 nitrogen and oxygen atoms in total. The summed E-state index contributed by atoms with van der Waals surface area (Å²) in [6.45, 7) is 0. The number of furan rings is 1. The third-order valence-electron chi connectivity index (χ3n) is 12.3. The normalized spacial score (nSPS) is 11.9. The molecule has 13 rings (SSSR count). The molecule has 5 heteroatoms. The van der Waals surface area contributed by atoms with Crippen LogP contribution in [0.1, 0.15) is 0 Å². The summed E-state index contributed by atoms with van der Waals surface area (Å²) in [5.74, 6) is 1.82. The van der Waals surface area contributed by atoms with Crippen molar-refractivity contribution in [3.63, 3.8) is 0 Å². The summed E-state index contributed by atoms with van der Waals surface area (Å²) in [5.41, 5.74) is 9.11. The summed E-state index contributed by atoms with van der Waals surface area (Å²) in [5, 5.41) is 11.8. The zero-order chi connectivity index (χ0) is 40.7. The van der Waals surface area contributed by atoms with Crippen LogP contribution in [-0.4, -0.2) is 15.0 Å². The van der Waals surface area contributed by atoms with Gasteiger partial charge in [0.1, 0.15) is 11.2 Å². The van der Waals surface area contributed by atoms with Crippen LogP contribution in [0.25, 0.3) is 131 Å². The van der Waals surface area contributed by atoms with E-state index in [2.05, 4.69) is 170 Å². The molecule has 0 amide bonds. The van der Waals surface area contributed by atoms with Crippen LogP contribution in [0.3, 0.4) is 0 Å². The minimum Gasteiger partial charge on any atom is -0.456 e. The number of thiophene rings is 1. The van der Waals surface area contributed by atoms with Crippen molar-refractivity contribution in [2.75, 3.05) is 0 Å². The Hall–Kier alpha value is -7.99. The standard InChI is InChI=1S/C57H33N3OS/c1-3-14-34(15-4-1)38-22-12-26-50-53(38)54-39(23-13-27-51(54)62-50)36-29-31-48-47(32-36)52-45(24-11-25-49(52)61-48)57-59-55(35-16-5-2-6-17-35)58-56(60-57)37-28-30-44-42-20-8-7-18-40(42)41-19-9-10-21-43(41)46(44)33-37/h1-33H. The number of hydrogen-bond acceptors (Lipinski definition) is 5. The maximum Gasteiger partial charge on any atom is 0.164 e. The molecule has 0 radical (unpaired) electrons. The number of fused-ring (bicyclic) bond motifs is 12. The van der Waals surface area contributed by atoms with E-state index in [0.29, 0.717) is 17.5 Å². The van der Waals surface area contributed by atoms with Gasteiger partial charge in [-0.1, -0.05) is 164 Å². The molecule has 0 fully saturated rings. The van der Waals surface area contributed by atoms with E-state index in [9.17, 15) is 0 Å². The van der Waals surface area contributed by atoms with E-state index in [4.69, 9.17) is 19.4 Å². The van der Waals surface area contributed by atoms with Gasteiger partial charge >= 0.3 is 0 Å². The predicted octanol–water partition coefficient (Wildman–Crippen LogP) is 15.9. The molecule has 0 aliphatic carbocycles. The highest BCUT2D eigenvalue weighted by molar-refractivity contribution is 7.26. The average molecular weight is 808 g/mol. The van der Waals surface area contributed by atoms with E-state index in [1.807, 2.05) is 41.7 Å². The van der Waals surface area contributed by atoms with Gasteiger partial charge in [0, 0.05) is 47.6 Å². The Balaban J connectivity index is 1.03. The number of benzene rings is 10. The highest BCUT2D eigenvalue weighted by Gasteiger charge is 2.21. The lowest BCUT2D eigenvalue weighted by Gasteiger charge is -2.13. The van der Waals surface area contributed by atoms with E-state index in [-0.39, 0.29) is 0 Å². The highest BCUT2D eigenvalue weighted by Crippen LogP contribution is 2.46. The van der Waals surface area contributed by atoms with Crippen molar-refractivity contribution in [3.05, 3.63) is 200 Å². The molecule has 288 valence electrons. The summed E-state index contributed by atoms with van der Waals surface area (Å²) in [4.78, 5) is 15.7. The molecule has 3 heterocycles. The van der Waals surface area contributed by atoms with Gasteiger partial charge in [-0.3, -0.25) is 0 Å². The maximum atomic E-state index is 6.61. The first kappa shape index (κ1) is 34.8. The number of aromatic nitrogens is 3. The smallest absolute Gasteiger partial charge is 0.164 e. The van der Waals surface area contributed by atoms with Crippen LogP contribution in [-0.2, 0) is 0 Å². The SMILES string of the molecule is c1ccc(-c2nc(-c3ccc4c5ccccc5c5ccccc5c4c3)nc(-c3cccc4oc5ccc(-c6cccc7sc8cccc(-c9ccccc9)c8c67)cc5c34)n2)cc1. The predicted molar refractivity (Wildman–Crippen MR) is 260 cm³/mol. The third kappa shape index (κ3) is 5.42. The lowest BCUT2D eigenvalue weighted by atomic mass is 9.93. The molecular weight excluding hydrogens is 775 g/mol. The second-order valence-electron chi connectivity index (χ2n) is 15.8. The Morgan fingerprint density at radius 3 is 1.47 bits per heavy atom. The lowest BCUT2D eigenvalue weighted by molar-refractivity contribution is 0.669. The second-order valence-corrected chi connectivity index (χ2v) is 16.9. The number of hydrogen-bond donors (Lipinski definition) is 0. The minimum absolute atomic E-state index is 0.592. The molecule has 0 atom stereocenters. The summed E-state index contributed by atoms with van der Waals surface area (Å²) >= 11 is 1.85. The lowest BCUT2D eigenvalue weighted by Crippen LogP contribution is -2.00. The molecule has 0 N–H and O–H groups in total. The van der Waals surface area contributed by atoms with E-state index >= 15 is 0 Å². The monoisotopic (exact) mass is 807 g/mol. The molecule has 13 aromatic rings. The fourth-order valence-electron chi connectivity index (χ4n) is 9.53. The van der Waals surface area contributed by atoms with Crippen LogP contribution in [0.15, 0.2) is 205 Å². The van der Waals surface area contributed by atoms with Gasteiger partial charge in [0.2, 0.25) is 0 Å². The fourth-order valence-corrected chi connectivity index (χ4v) is 10.7. The van der Waals surface area contributed by atoms with E-state index in [0.717, 1.165) is 44.2 Å². The molecule has 0 unspecified atom stereocenters. The summed E-state index contributed by atoms with van der Waals surface area (Å²) in [6.07, 6.45) is 0. The Kier molecular flexibility index (Phi) is 7.74. The van der Waals surface area contributed by atoms with Gasteiger partial charge in [-0.25, -0.2) is 15.0 Å². The molecule has 3 aromatic heterocycles. The Morgan fingerprint density at radius 2 is 0.790 bits per heavy atom. The molecular formula is C57H33N3OS. The average Bonchev–Trinajstić information content (AvgIpc) is 3.93. The molecule has 0 spiro atoms. The van der Waals surface area contributed by atoms with Crippen molar-refractivity contribution >= 4 is 85.8 Å². The zero-order valence-electron chi connectivity index (χ0n) is 33.2. The summed E-state index contributed by atoms with van der Waals surface area (Å²) in [7, 11) is 0. The van der Waals surface area contributed by atoms with E-state index in [1.165, 1.54) is 69.2 Å². The number of nitrogens with zero attached hydrogens (tertiary/aromatic N) is 3. The molecule has 10 aromatic carbocycles. The number of rotatable bonds is 5. The topological polar surface area (TPSA) is 51.8 Å². The third-order valence-corrected chi connectivity index (χ3v) is 13.4. The van der Waals surface area contributed by atoms with Gasteiger partial charge in [-0.2, -0.15) is 0 Å². The zero-order valence-corrected chi connectivity index (χ0v) is 34.0. The molecule has 0 bridgehead atoms. The van der Waals surface area contributed by atoms with Crippen LogP contribution in [0.2, 0.25) is 0 Å². The van der Waals surface area contributed by atoms with Gasteiger partial charge in [-0.15, -0.1) is 11.3 Å². The first-order valence-corrected chi connectivity index (χ1v) is 21.7. The largest absolute Gasteiger partial charge is 0.456 e. The van der Waals surface area contributed by atoms with E-state index in [1.54, 1.807) is 0 Å². The molecule has 0 aliphatic rings. The molecule has 0 saturated carbocycles. The maximum absolute atomic E-state index is 6.61. The van der Waals surface area contributed by atoms with Gasteiger partial charge in [-0.05, 0) is 91.0 Å². The summed E-state index contributed by atoms with van der Waals surface area (Å²) < 4.78 is 9.15. The molecule has 0 saturated heterocycles. The van der Waals surface area contributed by atoms with Crippen LogP contribution in [0.4, 0.5) is 0 Å². The Labute approximate surface area is 360 Å². The molecule has 62 heavy (non-hydrogen) atoms. The van der Waals surface area contributed by atoms with Gasteiger partial charge < -0.3 is 4.42 Å². The van der Waals surface area contributed by atoms with Crippen molar-refractivity contribution < 1.29 is 4.42 Å². The Bertz CT molecular complexity index is 3890. The van der Waals surface area contributed by atoms with Crippen molar-refractivity contribution in [2.24, 2.45) is 0 Å². The van der Waals surface area contributed by atoms with Gasteiger partial charge in [0.15, 0.2) is 17.5 Å². The van der Waals surface area contributed by atoms with Crippen molar-refractivity contribution in [3.8, 4) is 56.4 Å². The van der Waals surface area contributed by atoms with Crippen LogP contribution >= 0.6 is 11.3 Å². The minimum atomic E-state index is 0.592. The van der Waals surface area contributed by atoms with Crippen molar-refractivity contribution in [2.45, 2.75) is 0 Å². The van der Waals surface area contributed by atoms with E-state index < -0.39 is 0 Å². The van der Waals surface area contributed by atoms with Crippen LogP contribution in [0, 0.1) is 0 Å². The second kappa shape index (κ2) is 13.8. The van der Waals surface area contributed by atoms with Crippen molar-refractivity contribution in [1.82, 2.24) is 15.0 Å². The first-order valence-electron chi connectivity index (χ1n) is 20.8. The van der Waals surface area contributed by atoms with Crippen molar-refractivity contribution in [1.29, 1.82) is 0 Å². The Morgan fingerprint density at radius 1 is 0.290 bits per heavy atom. The fraction of sp³-hybridized carbons (Fsp3) is 0. The van der Waals surface area contributed by atoms with Crippen LogP contribution in [0.5, 0.6) is 0 Å².